The summed E-state index contributed by atoms with van der Waals surface area (Å²) in [4.78, 5) is 0. The molecule has 0 fully saturated rings. The van der Waals surface area contributed by atoms with Crippen LogP contribution in [-0.2, 0) is 0 Å². The Morgan fingerprint density at radius 2 is 2.22 bits per heavy atom. The van der Waals surface area contributed by atoms with Gasteiger partial charge in [0.05, 0.1) is 0 Å². The standard InChI is InChI=1S/C7H18N2/c1-3-7(9-2)5-4-6-8/h7,9H,3-6,8H2,1-2H3. The molecule has 9 heavy (non-hydrogen) atoms. The molecule has 0 aromatic rings. The molecule has 0 aromatic heterocycles. The quantitative estimate of drug-likeness (QED) is 0.575. The summed E-state index contributed by atoms with van der Waals surface area (Å²) in [6.07, 6.45) is 3.55. The molecule has 0 spiro atoms. The molecule has 3 N–H and O–H groups in total. The molecule has 0 aromatic carbocycles. The third kappa shape index (κ3) is 4.43. The molecule has 0 radical (unpaired) electrons. The van der Waals surface area contributed by atoms with E-state index < -0.39 is 0 Å². The summed E-state index contributed by atoms with van der Waals surface area (Å²) in [6, 6.07) is 0.675. The van der Waals surface area contributed by atoms with Crippen molar-refractivity contribution in [3.8, 4) is 0 Å². The van der Waals surface area contributed by atoms with Crippen LogP contribution in [0.3, 0.4) is 0 Å². The topological polar surface area (TPSA) is 38.0 Å². The number of hydrogen-bond donors (Lipinski definition) is 2. The molecule has 1 atom stereocenters. The third-order valence-electron chi connectivity index (χ3n) is 1.66. The van der Waals surface area contributed by atoms with Crippen LogP contribution < -0.4 is 11.1 Å². The van der Waals surface area contributed by atoms with Crippen LogP contribution in [0.5, 0.6) is 0 Å². The Bertz CT molecular complexity index is 50.9. The number of nitrogens with one attached hydrogen (secondary N) is 1. The fourth-order valence-electron chi connectivity index (χ4n) is 0.917. The van der Waals surface area contributed by atoms with E-state index in [1.807, 2.05) is 7.05 Å². The van der Waals surface area contributed by atoms with Gasteiger partial charge < -0.3 is 11.1 Å². The summed E-state index contributed by atoms with van der Waals surface area (Å²) in [5.74, 6) is 0. The maximum absolute atomic E-state index is 5.36. The first-order valence-corrected chi connectivity index (χ1v) is 3.72. The number of rotatable bonds is 5. The minimum absolute atomic E-state index is 0.675. The highest BCUT2D eigenvalue weighted by molar-refractivity contribution is 4.61. The normalized spacial score (nSPS) is 13.7. The smallest absolute Gasteiger partial charge is 0.00619 e. The fourth-order valence-corrected chi connectivity index (χ4v) is 0.917. The van der Waals surface area contributed by atoms with E-state index in [4.69, 9.17) is 5.73 Å². The van der Waals surface area contributed by atoms with Gasteiger partial charge in [-0.3, -0.25) is 0 Å². The third-order valence-corrected chi connectivity index (χ3v) is 1.66. The van der Waals surface area contributed by atoms with Crippen molar-refractivity contribution >= 4 is 0 Å². The lowest BCUT2D eigenvalue weighted by Gasteiger charge is -2.11. The van der Waals surface area contributed by atoms with Crippen LogP contribution >= 0.6 is 0 Å². The fraction of sp³-hybridized carbons (Fsp3) is 1.00. The van der Waals surface area contributed by atoms with E-state index >= 15 is 0 Å². The van der Waals surface area contributed by atoms with Gasteiger partial charge in [0.25, 0.3) is 0 Å². The molecule has 0 saturated heterocycles. The van der Waals surface area contributed by atoms with Gasteiger partial charge in [0.15, 0.2) is 0 Å². The molecule has 0 aliphatic carbocycles. The Morgan fingerprint density at radius 3 is 2.56 bits per heavy atom. The second-order valence-electron chi connectivity index (χ2n) is 2.32. The van der Waals surface area contributed by atoms with Crippen molar-refractivity contribution < 1.29 is 0 Å². The van der Waals surface area contributed by atoms with Crippen LogP contribution in [-0.4, -0.2) is 19.6 Å². The zero-order chi connectivity index (χ0) is 7.11. The Labute approximate surface area is 57.8 Å². The van der Waals surface area contributed by atoms with Gasteiger partial charge in [-0.1, -0.05) is 6.92 Å². The average Bonchev–Trinajstić information content (AvgIpc) is 1.91. The Morgan fingerprint density at radius 1 is 1.56 bits per heavy atom. The lowest BCUT2D eigenvalue weighted by atomic mass is 10.1. The van der Waals surface area contributed by atoms with Crippen LogP contribution in [0.2, 0.25) is 0 Å². The van der Waals surface area contributed by atoms with Crippen molar-refractivity contribution in [3.05, 3.63) is 0 Å². The van der Waals surface area contributed by atoms with E-state index in [0.29, 0.717) is 6.04 Å². The van der Waals surface area contributed by atoms with E-state index in [9.17, 15) is 0 Å². The monoisotopic (exact) mass is 130 g/mol. The zero-order valence-corrected chi connectivity index (χ0v) is 6.48. The van der Waals surface area contributed by atoms with Crippen LogP contribution in [0.25, 0.3) is 0 Å². The van der Waals surface area contributed by atoms with Gasteiger partial charge in [-0.05, 0) is 32.9 Å². The lowest BCUT2D eigenvalue weighted by Crippen LogP contribution is -2.24. The molecule has 0 heterocycles. The minimum atomic E-state index is 0.675. The molecular formula is C7H18N2. The van der Waals surface area contributed by atoms with Crippen LogP contribution in [0.4, 0.5) is 0 Å². The summed E-state index contributed by atoms with van der Waals surface area (Å²) >= 11 is 0. The summed E-state index contributed by atoms with van der Waals surface area (Å²) in [6.45, 7) is 3.01. The minimum Gasteiger partial charge on any atom is -0.330 e. The highest BCUT2D eigenvalue weighted by atomic mass is 14.9. The van der Waals surface area contributed by atoms with E-state index in [2.05, 4.69) is 12.2 Å². The summed E-state index contributed by atoms with van der Waals surface area (Å²) in [5.41, 5.74) is 5.36. The maximum atomic E-state index is 5.36. The van der Waals surface area contributed by atoms with Crippen molar-refractivity contribution in [2.75, 3.05) is 13.6 Å². The van der Waals surface area contributed by atoms with Crippen LogP contribution in [0.15, 0.2) is 0 Å². The zero-order valence-electron chi connectivity index (χ0n) is 6.48. The summed E-state index contributed by atoms with van der Waals surface area (Å²) in [7, 11) is 2.00. The molecule has 1 unspecified atom stereocenters. The van der Waals surface area contributed by atoms with Crippen molar-refractivity contribution in [2.24, 2.45) is 5.73 Å². The molecule has 56 valence electrons. The van der Waals surface area contributed by atoms with Crippen molar-refractivity contribution in [2.45, 2.75) is 32.2 Å². The van der Waals surface area contributed by atoms with Crippen molar-refractivity contribution in [1.82, 2.24) is 5.32 Å². The van der Waals surface area contributed by atoms with Crippen LogP contribution in [0, 0.1) is 0 Å². The Balaban J connectivity index is 3.09. The largest absolute Gasteiger partial charge is 0.330 e. The second-order valence-corrected chi connectivity index (χ2v) is 2.32. The van der Waals surface area contributed by atoms with Gasteiger partial charge in [-0.15, -0.1) is 0 Å². The lowest BCUT2D eigenvalue weighted by molar-refractivity contribution is 0.495. The van der Waals surface area contributed by atoms with Gasteiger partial charge in [-0.2, -0.15) is 0 Å². The molecule has 2 heteroatoms. The number of hydrogen-bond acceptors (Lipinski definition) is 2. The number of nitrogens with two attached hydrogens (primary N) is 1. The van der Waals surface area contributed by atoms with Crippen molar-refractivity contribution in [1.29, 1.82) is 0 Å². The predicted octanol–water partition coefficient (Wildman–Crippen LogP) is 0.723. The van der Waals surface area contributed by atoms with Gasteiger partial charge in [-0.25, -0.2) is 0 Å². The van der Waals surface area contributed by atoms with E-state index in [0.717, 1.165) is 13.0 Å². The Kier molecular flexibility index (Phi) is 5.99. The first kappa shape index (κ1) is 8.92. The molecule has 0 amide bonds. The second kappa shape index (κ2) is 6.05. The molecular weight excluding hydrogens is 112 g/mol. The average molecular weight is 130 g/mol. The first-order valence-electron chi connectivity index (χ1n) is 3.72. The van der Waals surface area contributed by atoms with Gasteiger partial charge in [0, 0.05) is 6.04 Å². The molecule has 0 aliphatic heterocycles. The van der Waals surface area contributed by atoms with E-state index in [1.54, 1.807) is 0 Å². The highest BCUT2D eigenvalue weighted by Gasteiger charge is 1.99. The SMILES string of the molecule is CCC(CCCN)NC. The summed E-state index contributed by atoms with van der Waals surface area (Å²) in [5, 5.41) is 3.23. The van der Waals surface area contributed by atoms with E-state index in [1.165, 1.54) is 12.8 Å². The van der Waals surface area contributed by atoms with Gasteiger partial charge in [0.1, 0.15) is 0 Å². The van der Waals surface area contributed by atoms with Gasteiger partial charge in [0.2, 0.25) is 0 Å². The van der Waals surface area contributed by atoms with Crippen LogP contribution in [0.1, 0.15) is 26.2 Å². The predicted molar refractivity (Wildman–Crippen MR) is 41.4 cm³/mol. The summed E-state index contributed by atoms with van der Waals surface area (Å²) < 4.78 is 0. The van der Waals surface area contributed by atoms with E-state index in [-0.39, 0.29) is 0 Å². The first-order chi connectivity index (χ1) is 4.35. The van der Waals surface area contributed by atoms with Crippen molar-refractivity contribution in [3.63, 3.8) is 0 Å². The molecule has 0 rings (SSSR count). The molecule has 0 bridgehead atoms. The molecule has 2 nitrogen and oxygen atoms in total. The Hall–Kier alpha value is -0.0800. The highest BCUT2D eigenvalue weighted by Crippen LogP contribution is 1.98. The molecule has 0 saturated carbocycles. The maximum Gasteiger partial charge on any atom is 0.00619 e. The van der Waals surface area contributed by atoms with Gasteiger partial charge >= 0.3 is 0 Å². The molecule has 0 aliphatic rings.